The molecule has 6 nitrogen and oxygen atoms in total. The van der Waals surface area contributed by atoms with E-state index in [0.29, 0.717) is 35.6 Å². The topological polar surface area (TPSA) is 69.3 Å². The highest BCUT2D eigenvalue weighted by molar-refractivity contribution is 5.78. The molecule has 1 aliphatic heterocycles. The van der Waals surface area contributed by atoms with Crippen molar-refractivity contribution in [3.8, 4) is 0 Å². The van der Waals surface area contributed by atoms with E-state index in [1.807, 2.05) is 23.1 Å². The molecule has 2 heterocycles. The minimum absolute atomic E-state index is 0.133. The van der Waals surface area contributed by atoms with Crippen molar-refractivity contribution < 1.29 is 4.79 Å². The quantitative estimate of drug-likeness (QED) is 0.862. The number of aryl methyl sites for hydroxylation is 1. The molecule has 156 valence electrons. The second kappa shape index (κ2) is 9.53. The first kappa shape index (κ1) is 20.1. The monoisotopic (exact) mass is 396 g/mol. The number of nitrogens with one attached hydrogen (secondary N) is 1. The average Bonchev–Trinajstić information content (AvgIpc) is 2.72. The molecule has 1 aliphatic carbocycles. The van der Waals surface area contributed by atoms with Crippen molar-refractivity contribution in [3.63, 3.8) is 0 Å². The van der Waals surface area contributed by atoms with Crippen LogP contribution in [0.5, 0.6) is 0 Å². The van der Waals surface area contributed by atoms with Crippen LogP contribution < -0.4 is 5.56 Å². The van der Waals surface area contributed by atoms with Crippen LogP contribution >= 0.6 is 0 Å². The fraction of sp³-hybridized carbons (Fsp3) is 0.609. The number of fused-ring (bicyclic) bond motifs is 1. The van der Waals surface area contributed by atoms with Crippen molar-refractivity contribution in [1.29, 1.82) is 0 Å². The molecule has 0 unspecified atom stereocenters. The van der Waals surface area contributed by atoms with Crippen molar-refractivity contribution >= 4 is 16.8 Å². The van der Waals surface area contributed by atoms with Crippen LogP contribution in [0.2, 0.25) is 0 Å². The van der Waals surface area contributed by atoms with Gasteiger partial charge in [0, 0.05) is 45.1 Å². The minimum atomic E-state index is -0.133. The number of carbonyl (C=O) groups is 1. The van der Waals surface area contributed by atoms with Crippen molar-refractivity contribution in [2.45, 2.75) is 63.8 Å². The number of piperazine rings is 1. The van der Waals surface area contributed by atoms with Gasteiger partial charge in [-0.05, 0) is 25.0 Å². The molecular formula is C23H32N4O2. The SMILES string of the molecule is O=C(CCc1nc2ccccc2c(=O)[nH]1)N1CCN(C2CCCCCCC2)CC1. The maximum absolute atomic E-state index is 12.7. The molecule has 0 bridgehead atoms. The summed E-state index contributed by atoms with van der Waals surface area (Å²) in [4.78, 5) is 36.8. The summed E-state index contributed by atoms with van der Waals surface area (Å²) in [7, 11) is 0. The zero-order chi connectivity index (χ0) is 20.1. The van der Waals surface area contributed by atoms with Crippen LogP contribution in [0.15, 0.2) is 29.1 Å². The Morgan fingerprint density at radius 2 is 1.69 bits per heavy atom. The van der Waals surface area contributed by atoms with Crippen molar-refractivity contribution in [2.24, 2.45) is 0 Å². The third-order valence-corrected chi connectivity index (χ3v) is 6.50. The van der Waals surface area contributed by atoms with E-state index in [1.54, 1.807) is 6.07 Å². The lowest BCUT2D eigenvalue weighted by molar-refractivity contribution is -0.133. The van der Waals surface area contributed by atoms with Gasteiger partial charge < -0.3 is 9.88 Å². The fourth-order valence-electron chi connectivity index (χ4n) is 4.77. The van der Waals surface area contributed by atoms with E-state index in [1.165, 1.54) is 44.9 Å². The normalized spacial score (nSPS) is 19.8. The molecule has 0 atom stereocenters. The molecule has 1 amide bonds. The van der Waals surface area contributed by atoms with Crippen LogP contribution in [-0.4, -0.2) is 57.9 Å². The van der Waals surface area contributed by atoms with Crippen LogP contribution in [0.1, 0.15) is 57.2 Å². The maximum Gasteiger partial charge on any atom is 0.258 e. The highest BCUT2D eigenvalue weighted by Crippen LogP contribution is 2.22. The first-order chi connectivity index (χ1) is 14.2. The van der Waals surface area contributed by atoms with E-state index in [2.05, 4.69) is 14.9 Å². The number of H-pyrrole nitrogens is 1. The number of rotatable bonds is 4. The molecule has 1 aromatic heterocycles. The number of aromatic nitrogens is 2. The Labute approximate surface area is 172 Å². The first-order valence-electron chi connectivity index (χ1n) is 11.2. The Bertz CT molecular complexity index is 878. The highest BCUT2D eigenvalue weighted by Gasteiger charge is 2.26. The van der Waals surface area contributed by atoms with E-state index in [0.717, 1.165) is 26.2 Å². The molecule has 2 aliphatic rings. The molecule has 4 rings (SSSR count). The van der Waals surface area contributed by atoms with Gasteiger partial charge in [0.1, 0.15) is 5.82 Å². The summed E-state index contributed by atoms with van der Waals surface area (Å²) in [6, 6.07) is 8.02. The van der Waals surface area contributed by atoms with Gasteiger partial charge in [0.05, 0.1) is 10.9 Å². The third-order valence-electron chi connectivity index (χ3n) is 6.50. The average molecular weight is 397 g/mol. The van der Waals surface area contributed by atoms with E-state index in [-0.39, 0.29) is 11.5 Å². The van der Waals surface area contributed by atoms with Crippen LogP contribution in [0, 0.1) is 0 Å². The van der Waals surface area contributed by atoms with Crippen molar-refractivity contribution in [2.75, 3.05) is 26.2 Å². The summed E-state index contributed by atoms with van der Waals surface area (Å²) in [5.74, 6) is 0.758. The van der Waals surface area contributed by atoms with Crippen LogP contribution in [-0.2, 0) is 11.2 Å². The summed E-state index contributed by atoms with van der Waals surface area (Å²) in [6.07, 6.45) is 10.3. The van der Waals surface area contributed by atoms with Gasteiger partial charge in [-0.1, -0.05) is 44.2 Å². The Kier molecular flexibility index (Phi) is 6.60. The van der Waals surface area contributed by atoms with Crippen LogP contribution in [0.25, 0.3) is 10.9 Å². The summed E-state index contributed by atoms with van der Waals surface area (Å²) in [5.41, 5.74) is 0.553. The summed E-state index contributed by atoms with van der Waals surface area (Å²) >= 11 is 0. The Balaban J connectivity index is 1.28. The number of hydrogen-bond donors (Lipinski definition) is 1. The lowest BCUT2D eigenvalue weighted by Gasteiger charge is -2.40. The van der Waals surface area contributed by atoms with Crippen LogP contribution in [0.4, 0.5) is 0 Å². The van der Waals surface area contributed by atoms with E-state index in [9.17, 15) is 9.59 Å². The fourth-order valence-corrected chi connectivity index (χ4v) is 4.77. The molecule has 1 aromatic carbocycles. The Hall–Kier alpha value is -2.21. The number of amides is 1. The van der Waals surface area contributed by atoms with E-state index < -0.39 is 0 Å². The molecule has 1 saturated heterocycles. The lowest BCUT2D eigenvalue weighted by Crippen LogP contribution is -2.52. The molecule has 29 heavy (non-hydrogen) atoms. The van der Waals surface area contributed by atoms with Gasteiger partial charge in [-0.3, -0.25) is 14.5 Å². The molecule has 0 radical (unpaired) electrons. The van der Waals surface area contributed by atoms with Gasteiger partial charge in [0.2, 0.25) is 5.91 Å². The number of nitrogens with zero attached hydrogens (tertiary/aromatic N) is 3. The summed E-state index contributed by atoms with van der Waals surface area (Å²) in [5, 5.41) is 0.591. The van der Waals surface area contributed by atoms with Gasteiger partial charge in [-0.25, -0.2) is 4.98 Å². The maximum atomic E-state index is 12.7. The van der Waals surface area contributed by atoms with Gasteiger partial charge in [-0.15, -0.1) is 0 Å². The smallest absolute Gasteiger partial charge is 0.258 e. The minimum Gasteiger partial charge on any atom is -0.340 e. The van der Waals surface area contributed by atoms with Crippen molar-refractivity contribution in [1.82, 2.24) is 19.8 Å². The Morgan fingerprint density at radius 3 is 2.45 bits per heavy atom. The van der Waals surface area contributed by atoms with E-state index in [4.69, 9.17) is 0 Å². The third kappa shape index (κ3) is 5.04. The number of hydrogen-bond acceptors (Lipinski definition) is 4. The molecule has 6 heteroatoms. The standard InChI is InChI=1S/C23H32N4O2/c28-22(13-12-21-24-20-11-7-6-10-19(20)23(29)25-21)27-16-14-26(15-17-27)18-8-4-2-1-3-5-9-18/h6-7,10-11,18H,1-5,8-9,12-17H2,(H,24,25,29). The van der Waals surface area contributed by atoms with Gasteiger partial charge in [0.15, 0.2) is 0 Å². The second-order valence-corrected chi connectivity index (χ2v) is 8.45. The lowest BCUT2D eigenvalue weighted by atomic mass is 9.95. The van der Waals surface area contributed by atoms with Crippen LogP contribution in [0.3, 0.4) is 0 Å². The van der Waals surface area contributed by atoms with Crippen molar-refractivity contribution in [3.05, 3.63) is 40.4 Å². The number of carbonyl (C=O) groups excluding carboxylic acids is 1. The highest BCUT2D eigenvalue weighted by atomic mass is 16.2. The predicted molar refractivity (Wildman–Crippen MR) is 115 cm³/mol. The molecule has 2 fully saturated rings. The predicted octanol–water partition coefficient (Wildman–Crippen LogP) is 3.11. The second-order valence-electron chi connectivity index (χ2n) is 8.45. The molecule has 2 aromatic rings. The molecule has 0 spiro atoms. The van der Waals surface area contributed by atoms with Gasteiger partial charge in [0.25, 0.3) is 5.56 Å². The Morgan fingerprint density at radius 1 is 1.00 bits per heavy atom. The summed E-state index contributed by atoms with van der Waals surface area (Å²) < 4.78 is 0. The summed E-state index contributed by atoms with van der Waals surface area (Å²) in [6.45, 7) is 3.61. The molecule has 1 saturated carbocycles. The first-order valence-corrected chi connectivity index (χ1v) is 11.2. The van der Waals surface area contributed by atoms with E-state index >= 15 is 0 Å². The number of para-hydroxylation sites is 1. The number of benzene rings is 1. The van der Waals surface area contributed by atoms with Gasteiger partial charge in [-0.2, -0.15) is 0 Å². The van der Waals surface area contributed by atoms with Gasteiger partial charge >= 0.3 is 0 Å². The number of aromatic amines is 1. The molecule has 1 N–H and O–H groups in total. The largest absolute Gasteiger partial charge is 0.340 e. The molecular weight excluding hydrogens is 364 g/mol. The zero-order valence-corrected chi connectivity index (χ0v) is 17.2. The zero-order valence-electron chi connectivity index (χ0n) is 17.2.